The second-order valence-corrected chi connectivity index (χ2v) is 8.99. The Balaban J connectivity index is 0.000000257. The molecule has 0 saturated carbocycles. The van der Waals surface area contributed by atoms with E-state index in [-0.39, 0.29) is 23.7 Å². The van der Waals surface area contributed by atoms with E-state index in [0.717, 1.165) is 49.3 Å². The lowest BCUT2D eigenvalue weighted by Crippen LogP contribution is -2.26. The summed E-state index contributed by atoms with van der Waals surface area (Å²) in [6.07, 6.45) is 4.88. The van der Waals surface area contributed by atoms with Crippen LogP contribution in [0.1, 0.15) is 22.3 Å². The summed E-state index contributed by atoms with van der Waals surface area (Å²) < 4.78 is 5.52. The Kier molecular flexibility index (Phi) is 8.97. The number of rotatable bonds is 8. The van der Waals surface area contributed by atoms with Crippen LogP contribution >= 0.6 is 0 Å². The van der Waals surface area contributed by atoms with Gasteiger partial charge in [0, 0.05) is 54.5 Å². The smallest absolute Gasteiger partial charge is 0.339 e. The lowest BCUT2D eigenvalue weighted by atomic mass is 10.1. The Labute approximate surface area is 220 Å². The van der Waals surface area contributed by atoms with Crippen LogP contribution in [-0.2, 0) is 6.54 Å². The van der Waals surface area contributed by atoms with Crippen LogP contribution in [0.2, 0.25) is 0 Å². The quantitative estimate of drug-likeness (QED) is 0.219. The minimum atomic E-state index is -1.27. The lowest BCUT2D eigenvalue weighted by Gasteiger charge is -2.18. The zero-order chi connectivity index (χ0) is 26.9. The monoisotopic (exact) mass is 517 g/mol. The number of aromatic hydroxyl groups is 2. The molecule has 0 radical (unpaired) electrons. The summed E-state index contributed by atoms with van der Waals surface area (Å²) >= 11 is 0. The van der Waals surface area contributed by atoms with E-state index in [1.807, 2.05) is 24.5 Å². The number of carboxylic acids is 1. The van der Waals surface area contributed by atoms with Crippen molar-refractivity contribution in [2.24, 2.45) is 0 Å². The number of fused-ring (bicyclic) bond motifs is 1. The number of carbonyl (C=O) groups is 1. The van der Waals surface area contributed by atoms with Gasteiger partial charge < -0.3 is 30.5 Å². The van der Waals surface area contributed by atoms with E-state index in [1.165, 1.54) is 22.7 Å². The standard InChI is InChI=1S/C22H25N3O2.C7H6O4/c26-11-12-27-20-5-1-3-17(13-20)15-25-10-8-19(16-25)24-22-6-2-4-18-14-23-9-7-21(18)22;8-4-1-2-6(9)5(3-4)7(10)11/h1-7,9,13-14,19,24,26H,8,10-12,15-16H2;1-3,8-9H,(H,10,11). The van der Waals surface area contributed by atoms with E-state index >= 15 is 0 Å². The van der Waals surface area contributed by atoms with E-state index in [1.54, 1.807) is 0 Å². The number of phenolic OH excluding ortho intramolecular Hbond substituents is 1. The van der Waals surface area contributed by atoms with Crippen LogP contribution in [0.25, 0.3) is 10.8 Å². The van der Waals surface area contributed by atoms with Crippen molar-refractivity contribution >= 4 is 22.4 Å². The molecular formula is C29H31N3O6. The summed E-state index contributed by atoms with van der Waals surface area (Å²) in [5.74, 6) is -0.978. The molecule has 1 fully saturated rings. The first kappa shape index (κ1) is 26.7. The first-order valence-electron chi connectivity index (χ1n) is 12.3. The normalized spacial score (nSPS) is 15.0. The molecule has 9 nitrogen and oxygen atoms in total. The number of benzene rings is 3. The summed E-state index contributed by atoms with van der Waals surface area (Å²) in [5.41, 5.74) is 2.12. The van der Waals surface area contributed by atoms with Gasteiger partial charge in [0.1, 0.15) is 29.4 Å². The molecule has 2 heterocycles. The zero-order valence-corrected chi connectivity index (χ0v) is 20.8. The molecule has 1 unspecified atom stereocenters. The van der Waals surface area contributed by atoms with Gasteiger partial charge >= 0.3 is 5.97 Å². The van der Waals surface area contributed by atoms with Gasteiger partial charge in [-0.15, -0.1) is 0 Å². The van der Waals surface area contributed by atoms with Crippen molar-refractivity contribution in [2.45, 2.75) is 19.0 Å². The van der Waals surface area contributed by atoms with Crippen LogP contribution < -0.4 is 10.1 Å². The molecule has 0 amide bonds. The van der Waals surface area contributed by atoms with Gasteiger partial charge in [-0.1, -0.05) is 24.3 Å². The third-order valence-corrected chi connectivity index (χ3v) is 6.19. The van der Waals surface area contributed by atoms with Crippen molar-refractivity contribution in [2.75, 3.05) is 31.6 Å². The molecule has 1 aliphatic heterocycles. The lowest BCUT2D eigenvalue weighted by molar-refractivity contribution is 0.0693. The molecule has 3 aromatic carbocycles. The number of aliphatic hydroxyl groups is 1. The topological polar surface area (TPSA) is 135 Å². The maximum atomic E-state index is 10.3. The van der Waals surface area contributed by atoms with Crippen LogP contribution in [0, 0.1) is 0 Å². The largest absolute Gasteiger partial charge is 0.508 e. The number of nitrogens with one attached hydrogen (secondary N) is 1. The number of phenols is 2. The average Bonchev–Trinajstić information content (AvgIpc) is 3.36. The third-order valence-electron chi connectivity index (χ3n) is 6.19. The highest BCUT2D eigenvalue weighted by Gasteiger charge is 2.23. The van der Waals surface area contributed by atoms with Gasteiger partial charge in [0.15, 0.2) is 0 Å². The van der Waals surface area contributed by atoms with E-state index in [0.29, 0.717) is 12.6 Å². The van der Waals surface area contributed by atoms with Gasteiger partial charge in [-0.2, -0.15) is 0 Å². The summed E-state index contributed by atoms with van der Waals surface area (Å²) in [6.45, 7) is 3.37. The first-order chi connectivity index (χ1) is 18.4. The second-order valence-electron chi connectivity index (χ2n) is 8.99. The van der Waals surface area contributed by atoms with E-state index in [4.69, 9.17) is 25.2 Å². The Bertz CT molecular complexity index is 1370. The molecule has 38 heavy (non-hydrogen) atoms. The van der Waals surface area contributed by atoms with Crippen molar-refractivity contribution < 1.29 is 30.0 Å². The first-order valence-corrected chi connectivity index (χ1v) is 12.3. The Morgan fingerprint density at radius 1 is 1.08 bits per heavy atom. The molecule has 0 bridgehead atoms. The molecule has 0 aliphatic carbocycles. The minimum absolute atomic E-state index is 0.0356. The van der Waals surface area contributed by atoms with Gasteiger partial charge in [0.2, 0.25) is 0 Å². The molecular weight excluding hydrogens is 486 g/mol. The number of hydrogen-bond donors (Lipinski definition) is 5. The van der Waals surface area contributed by atoms with E-state index in [9.17, 15) is 4.79 Å². The molecule has 4 aromatic rings. The fourth-order valence-corrected chi connectivity index (χ4v) is 4.41. The minimum Gasteiger partial charge on any atom is -0.508 e. The maximum Gasteiger partial charge on any atom is 0.339 e. The maximum absolute atomic E-state index is 10.3. The molecule has 1 aromatic heterocycles. The van der Waals surface area contributed by atoms with Gasteiger partial charge in [0.25, 0.3) is 0 Å². The molecule has 198 valence electrons. The summed E-state index contributed by atoms with van der Waals surface area (Å²) in [6, 6.07) is 20.3. The predicted octanol–water partition coefficient (Wildman–Crippen LogP) is 4.09. The fourth-order valence-electron chi connectivity index (χ4n) is 4.41. The number of ether oxygens (including phenoxy) is 1. The van der Waals surface area contributed by atoms with Crippen LogP contribution in [0.5, 0.6) is 17.2 Å². The van der Waals surface area contributed by atoms with E-state index in [2.05, 4.69) is 51.6 Å². The van der Waals surface area contributed by atoms with Gasteiger partial charge in [-0.3, -0.25) is 9.88 Å². The zero-order valence-electron chi connectivity index (χ0n) is 20.8. The average molecular weight is 518 g/mol. The van der Waals surface area contributed by atoms with Crippen molar-refractivity contribution in [3.8, 4) is 17.2 Å². The number of aromatic nitrogens is 1. The number of hydrogen-bond acceptors (Lipinski definition) is 8. The number of aliphatic hydroxyl groups excluding tert-OH is 1. The van der Waals surface area contributed by atoms with Crippen LogP contribution in [-0.4, -0.2) is 68.6 Å². The fraction of sp³-hybridized carbons (Fsp3) is 0.241. The Morgan fingerprint density at radius 2 is 1.92 bits per heavy atom. The molecule has 1 atom stereocenters. The van der Waals surface area contributed by atoms with Gasteiger partial charge in [-0.25, -0.2) is 4.79 Å². The summed E-state index contributed by atoms with van der Waals surface area (Å²) in [7, 11) is 0. The Hall–Kier alpha value is -4.34. The molecule has 5 rings (SSSR count). The predicted molar refractivity (Wildman–Crippen MR) is 145 cm³/mol. The number of anilines is 1. The highest BCUT2D eigenvalue weighted by Crippen LogP contribution is 2.26. The Morgan fingerprint density at radius 3 is 2.71 bits per heavy atom. The SMILES string of the molecule is O=C(O)c1cc(O)ccc1O.OCCOc1cccc(CN2CCC(Nc3cccc4cnccc34)C2)c1. The number of aromatic carboxylic acids is 1. The van der Waals surface area contributed by atoms with Crippen LogP contribution in [0.3, 0.4) is 0 Å². The highest BCUT2D eigenvalue weighted by atomic mass is 16.5. The highest BCUT2D eigenvalue weighted by molar-refractivity contribution is 5.93. The summed E-state index contributed by atoms with van der Waals surface area (Å²) in [5, 5.41) is 41.1. The number of nitrogens with zero attached hydrogens (tertiary/aromatic N) is 2. The van der Waals surface area contributed by atoms with Gasteiger partial charge in [-0.05, 0) is 54.4 Å². The summed E-state index contributed by atoms with van der Waals surface area (Å²) in [4.78, 5) is 17.0. The molecule has 0 spiro atoms. The third kappa shape index (κ3) is 7.12. The van der Waals surface area contributed by atoms with Crippen molar-refractivity contribution in [1.29, 1.82) is 0 Å². The van der Waals surface area contributed by atoms with E-state index < -0.39 is 5.97 Å². The number of pyridine rings is 1. The molecule has 5 N–H and O–H groups in total. The second kappa shape index (κ2) is 12.8. The van der Waals surface area contributed by atoms with Crippen molar-refractivity contribution in [3.05, 3.63) is 90.3 Å². The molecule has 1 saturated heterocycles. The number of carboxylic acid groups (broad SMARTS) is 1. The van der Waals surface area contributed by atoms with Gasteiger partial charge in [0.05, 0.1) is 6.61 Å². The van der Waals surface area contributed by atoms with Crippen molar-refractivity contribution in [1.82, 2.24) is 9.88 Å². The van der Waals surface area contributed by atoms with Crippen LogP contribution in [0.4, 0.5) is 5.69 Å². The molecule has 1 aliphatic rings. The van der Waals surface area contributed by atoms with Crippen molar-refractivity contribution in [3.63, 3.8) is 0 Å². The van der Waals surface area contributed by atoms with Crippen LogP contribution in [0.15, 0.2) is 79.1 Å². The number of likely N-dealkylation sites (tertiary alicyclic amines) is 1. The molecule has 9 heteroatoms.